The Labute approximate surface area is 297 Å². The molecular weight excluding hydrogens is 751 g/mol. The van der Waals surface area contributed by atoms with Crippen molar-refractivity contribution in [2.75, 3.05) is 6.61 Å². The van der Waals surface area contributed by atoms with Crippen molar-refractivity contribution in [3.63, 3.8) is 0 Å². The number of phenols is 3. The molecule has 2 aromatic carbocycles. The molecule has 0 aliphatic carbocycles. The van der Waals surface area contributed by atoms with Gasteiger partial charge in [-0.3, -0.25) is 28.9 Å². The highest BCUT2D eigenvalue weighted by atomic mass is 35.6. The molecular formula is C29H21Cl3N4O13S. The summed E-state index contributed by atoms with van der Waals surface area (Å²) in [7, 11) is 0. The molecule has 262 valence electrons. The number of nitrogens with one attached hydrogen (secondary N) is 2. The topological polar surface area (TPSA) is 276 Å². The summed E-state index contributed by atoms with van der Waals surface area (Å²) in [6.45, 7) is -0.699. The van der Waals surface area contributed by atoms with E-state index in [0.717, 1.165) is 12.1 Å². The minimum atomic E-state index is -2.68. The number of benzene rings is 2. The maximum absolute atomic E-state index is 13.8. The number of β-lactam (4-membered cyclic amide) rings is 1. The zero-order chi connectivity index (χ0) is 36.8. The Morgan fingerprint density at radius 3 is 2.30 bits per heavy atom. The fourth-order valence-electron chi connectivity index (χ4n) is 5.14. The molecule has 1 unspecified atom stereocenters. The molecule has 5 rings (SSSR count). The number of hydrogen-bond acceptors (Lipinski definition) is 13. The molecule has 1 saturated heterocycles. The maximum Gasteiger partial charge on any atom is 0.404 e. The number of phenolic OH excluding ortho intramolecular Hbond substituents is 3. The van der Waals surface area contributed by atoms with E-state index < -0.39 is 108 Å². The third kappa shape index (κ3) is 6.69. The first-order chi connectivity index (χ1) is 23.4. The predicted octanol–water partition coefficient (Wildman–Crippen LogP) is 1.52. The maximum atomic E-state index is 13.8. The van der Waals surface area contributed by atoms with Crippen LogP contribution in [-0.2, 0) is 23.9 Å². The largest absolute Gasteiger partial charge is 0.508 e. The van der Waals surface area contributed by atoms with Gasteiger partial charge in [-0.15, -0.1) is 11.8 Å². The third-order valence-corrected chi connectivity index (χ3v) is 9.42. The van der Waals surface area contributed by atoms with E-state index in [1.54, 1.807) is 0 Å². The smallest absolute Gasteiger partial charge is 0.404 e. The van der Waals surface area contributed by atoms with Gasteiger partial charge in [0.2, 0.25) is 22.9 Å². The van der Waals surface area contributed by atoms with Crippen LogP contribution in [0.3, 0.4) is 0 Å². The lowest BCUT2D eigenvalue weighted by atomic mass is 9.97. The number of ether oxygens (including phenoxy) is 1. The van der Waals surface area contributed by atoms with Crippen molar-refractivity contribution < 1.29 is 58.3 Å². The fraction of sp³-hybridized carbons (Fsp3) is 0.207. The Hall–Kier alpha value is -5.17. The van der Waals surface area contributed by atoms with Crippen molar-refractivity contribution in [3.8, 4) is 17.2 Å². The molecule has 3 aromatic rings. The number of nitrogens with zero attached hydrogens (tertiary/aromatic N) is 1. The van der Waals surface area contributed by atoms with Gasteiger partial charge in [0, 0.05) is 5.57 Å². The summed E-state index contributed by atoms with van der Waals surface area (Å²) in [5.41, 5.74) is 1.55. The molecule has 2 aliphatic rings. The third-order valence-electron chi connectivity index (χ3n) is 7.45. The summed E-state index contributed by atoms with van der Waals surface area (Å²) in [6, 6.07) is 3.82. The van der Waals surface area contributed by atoms with Gasteiger partial charge in [0.1, 0.15) is 47.3 Å². The van der Waals surface area contributed by atoms with Gasteiger partial charge in [0.25, 0.3) is 15.6 Å². The number of carbonyl (C=O) groups is 6. The van der Waals surface area contributed by atoms with Crippen LogP contribution in [0.25, 0.3) is 11.0 Å². The number of halogens is 3. The van der Waals surface area contributed by atoms with E-state index in [1.165, 1.54) is 24.3 Å². The van der Waals surface area contributed by atoms with Crippen LogP contribution >= 0.6 is 46.6 Å². The van der Waals surface area contributed by atoms with E-state index in [0.29, 0.717) is 22.9 Å². The number of carboxylic acids is 1. The van der Waals surface area contributed by atoms with E-state index in [4.69, 9.17) is 49.7 Å². The number of aliphatic carboxylic acids is 1. The summed E-state index contributed by atoms with van der Waals surface area (Å²) in [5, 5.41) is 41.4. The van der Waals surface area contributed by atoms with E-state index in [-0.39, 0.29) is 16.7 Å². The van der Waals surface area contributed by atoms with Crippen molar-refractivity contribution in [1.82, 2.24) is 15.5 Å². The van der Waals surface area contributed by atoms with Crippen LogP contribution in [0.15, 0.2) is 63.1 Å². The number of carbonyl (C=O) groups excluding carboxylic acids is 5. The molecule has 1 aromatic heterocycles. The lowest BCUT2D eigenvalue weighted by molar-refractivity contribution is -0.151. The molecule has 4 amide bonds. The van der Waals surface area contributed by atoms with Gasteiger partial charge >= 0.3 is 12.1 Å². The Bertz CT molecular complexity index is 2070. The monoisotopic (exact) mass is 770 g/mol. The Balaban J connectivity index is 1.47. The number of carboxylic acid groups (broad SMARTS) is 1. The van der Waals surface area contributed by atoms with E-state index in [9.17, 15) is 54.0 Å². The summed E-state index contributed by atoms with van der Waals surface area (Å²) in [4.78, 5) is 91.1. The summed E-state index contributed by atoms with van der Waals surface area (Å²) >= 11 is 17.9. The molecule has 17 nitrogen and oxygen atoms in total. The molecule has 0 bridgehead atoms. The van der Waals surface area contributed by atoms with E-state index >= 15 is 0 Å². The number of thioether (sulfide) groups is 1. The van der Waals surface area contributed by atoms with Crippen molar-refractivity contribution in [2.24, 2.45) is 5.73 Å². The molecule has 2 aliphatic heterocycles. The quantitative estimate of drug-likeness (QED) is 0.0924. The highest BCUT2D eigenvalue weighted by molar-refractivity contribution is 8.01. The van der Waals surface area contributed by atoms with Crippen molar-refractivity contribution in [1.29, 1.82) is 0 Å². The van der Waals surface area contributed by atoms with Gasteiger partial charge in [-0.2, -0.15) is 0 Å². The number of rotatable bonds is 9. The number of alkyl halides is 3. The molecule has 21 heteroatoms. The Morgan fingerprint density at radius 1 is 1.04 bits per heavy atom. The minimum absolute atomic E-state index is 0.0516. The first kappa shape index (κ1) is 36.1. The molecule has 8 N–H and O–H groups in total. The second-order valence-electron chi connectivity index (χ2n) is 10.5. The zero-order valence-corrected chi connectivity index (χ0v) is 27.7. The average Bonchev–Trinajstić information content (AvgIpc) is 3.05. The molecule has 4 atom stereocenters. The van der Waals surface area contributed by atoms with Crippen LogP contribution < -0.4 is 21.8 Å². The molecule has 3 heterocycles. The zero-order valence-electron chi connectivity index (χ0n) is 24.6. The van der Waals surface area contributed by atoms with E-state index in [2.05, 4.69) is 10.6 Å². The van der Waals surface area contributed by atoms with Gasteiger partial charge in [0.15, 0.2) is 11.3 Å². The average molecular weight is 772 g/mol. The van der Waals surface area contributed by atoms with Crippen LogP contribution in [0.2, 0.25) is 0 Å². The van der Waals surface area contributed by atoms with Gasteiger partial charge in [-0.1, -0.05) is 46.9 Å². The van der Waals surface area contributed by atoms with Crippen LogP contribution in [-0.4, -0.2) is 88.0 Å². The number of hydrogen-bond donors (Lipinski definition) is 7. The first-order valence-corrected chi connectivity index (χ1v) is 15.9. The molecule has 1 fully saturated rings. The number of Topliss-reactive ketones (excluding diaryl/α,β-unsaturated/α-hetero) is 1. The van der Waals surface area contributed by atoms with Crippen molar-refractivity contribution >= 4 is 93.1 Å². The summed E-state index contributed by atoms with van der Waals surface area (Å²) in [6.07, 6.45) is -0.593. The Morgan fingerprint density at radius 2 is 1.70 bits per heavy atom. The van der Waals surface area contributed by atoms with Gasteiger partial charge in [-0.25, -0.2) is 9.59 Å². The van der Waals surface area contributed by atoms with Gasteiger partial charge in [0.05, 0.1) is 10.6 Å². The lowest BCUT2D eigenvalue weighted by Gasteiger charge is -2.51. The number of nitrogens with two attached hydrogens (primary N) is 1. The Kier molecular flexibility index (Phi) is 9.84. The summed E-state index contributed by atoms with van der Waals surface area (Å²) in [5.74, 6) is -7.89. The van der Waals surface area contributed by atoms with Crippen molar-refractivity contribution in [3.05, 3.63) is 75.3 Å². The molecule has 50 heavy (non-hydrogen) atoms. The number of ketones is 1. The number of aromatic hydroxyl groups is 3. The van der Waals surface area contributed by atoms with Crippen LogP contribution in [0.1, 0.15) is 22.0 Å². The first-order valence-electron chi connectivity index (χ1n) is 13.8. The van der Waals surface area contributed by atoms with Crippen LogP contribution in [0.4, 0.5) is 4.79 Å². The SMILES string of the molecule is NC(=O)OCC1S[C@@H]2[C@H](NC(=O)[C@H](NC(=O)c3coc4c(O)c(O)ccc4c3=O)c3ccc(O)cc3)C(=O)N2C(C(=O)O)=C1C(=O)C(Cl)(Cl)Cl. The minimum Gasteiger partial charge on any atom is -0.508 e. The van der Waals surface area contributed by atoms with E-state index in [1.807, 2.05) is 0 Å². The van der Waals surface area contributed by atoms with Gasteiger partial charge in [-0.05, 0) is 29.8 Å². The number of amides is 4. The van der Waals surface area contributed by atoms with Crippen LogP contribution in [0, 0.1) is 0 Å². The van der Waals surface area contributed by atoms with Gasteiger partial charge < -0.3 is 45.9 Å². The molecule has 0 radical (unpaired) electrons. The predicted molar refractivity (Wildman–Crippen MR) is 174 cm³/mol. The molecule has 0 saturated carbocycles. The highest BCUT2D eigenvalue weighted by Crippen LogP contribution is 2.47. The molecule has 0 spiro atoms. The number of primary amides is 1. The number of fused-ring (bicyclic) bond motifs is 2. The highest BCUT2D eigenvalue weighted by Gasteiger charge is 2.58. The van der Waals surface area contributed by atoms with Crippen LogP contribution in [0.5, 0.6) is 17.2 Å². The fourth-order valence-corrected chi connectivity index (χ4v) is 6.96. The normalized spacial score (nSPS) is 19.2. The lowest BCUT2D eigenvalue weighted by Crippen LogP contribution is -2.72. The van der Waals surface area contributed by atoms with Crippen molar-refractivity contribution in [2.45, 2.75) is 26.5 Å². The second-order valence-corrected chi connectivity index (χ2v) is 14.1. The second kappa shape index (κ2) is 13.6. The standard InChI is InChI=1S/C29H21Cl3N4O13S/c30-29(31,32)22(41)15-14(8-49-28(33)47)50-26-17(25(44)36(26)18(15)27(45)46)35-24(43)16(9-1-3-10(37)4-2-9)34-23(42)12-7-48-21-11(19(12)39)5-6-13(38)20(21)40/h1-7,14,16-17,26,37-38,40H,8H2,(H2,33,47)(H,34,42)(H,35,43)(H,45,46)/t14?,16-,17-,26-/m1/s1. The summed E-state index contributed by atoms with van der Waals surface area (Å²) < 4.78 is 7.31.